The van der Waals surface area contributed by atoms with Crippen LogP contribution in [0.15, 0.2) is 46.0 Å². The fourth-order valence-corrected chi connectivity index (χ4v) is 2.70. The maximum absolute atomic E-state index is 14.3. The number of benzene rings is 1. The summed E-state index contributed by atoms with van der Waals surface area (Å²) in [6.07, 6.45) is 3.88. The summed E-state index contributed by atoms with van der Waals surface area (Å²) in [6.45, 7) is 2.84. The number of guanidine groups is 1. The lowest BCUT2D eigenvalue weighted by Crippen LogP contribution is -2.43. The summed E-state index contributed by atoms with van der Waals surface area (Å²) >= 11 is 0. The Balaban J connectivity index is 1.45. The maximum atomic E-state index is 14.3. The van der Waals surface area contributed by atoms with Crippen LogP contribution in [0.25, 0.3) is 0 Å². The van der Waals surface area contributed by atoms with Crippen molar-refractivity contribution in [2.75, 3.05) is 20.2 Å². The van der Waals surface area contributed by atoms with E-state index in [-0.39, 0.29) is 30.1 Å². The quantitative estimate of drug-likeness (QED) is 0.443. The Hall–Kier alpha value is -3.03. The Labute approximate surface area is 169 Å². The van der Waals surface area contributed by atoms with Crippen LogP contribution in [-0.2, 0) is 11.3 Å². The van der Waals surface area contributed by atoms with Crippen LogP contribution in [0.4, 0.5) is 4.39 Å². The molecule has 1 fully saturated rings. The Morgan fingerprint density at radius 3 is 2.83 bits per heavy atom. The van der Waals surface area contributed by atoms with E-state index in [4.69, 9.17) is 9.15 Å². The zero-order chi connectivity index (χ0) is 20.6. The molecule has 1 saturated carbocycles. The zero-order valence-corrected chi connectivity index (χ0v) is 16.7. The standard InChI is InChI=1S/C21H27FN4O3/c1-14(16-7-8-19(18(22)10-16)29-13-15-5-6-15)26-21(23-2)25-12-20(27)24-11-17-4-3-9-28-17/h3-4,7-10,14-15H,5-6,11-13H2,1-2H3,(H,24,27)(H2,23,25,26). The van der Waals surface area contributed by atoms with E-state index >= 15 is 0 Å². The molecule has 7 nitrogen and oxygen atoms in total. The van der Waals surface area contributed by atoms with Gasteiger partial charge in [0.15, 0.2) is 17.5 Å². The molecule has 1 unspecified atom stereocenters. The minimum Gasteiger partial charge on any atom is -0.490 e. The zero-order valence-electron chi connectivity index (χ0n) is 16.7. The molecular weight excluding hydrogens is 375 g/mol. The Morgan fingerprint density at radius 1 is 1.34 bits per heavy atom. The highest BCUT2D eigenvalue weighted by Crippen LogP contribution is 2.30. The molecule has 1 aliphatic rings. The molecular formula is C21H27FN4O3. The highest BCUT2D eigenvalue weighted by Gasteiger charge is 2.22. The molecule has 1 aromatic carbocycles. The van der Waals surface area contributed by atoms with Gasteiger partial charge in [-0.25, -0.2) is 4.39 Å². The molecule has 1 amide bonds. The Morgan fingerprint density at radius 2 is 2.17 bits per heavy atom. The average Bonchev–Trinajstić information content (AvgIpc) is 3.40. The van der Waals surface area contributed by atoms with Crippen molar-refractivity contribution in [1.82, 2.24) is 16.0 Å². The number of carbonyl (C=O) groups is 1. The molecule has 0 saturated heterocycles. The lowest BCUT2D eigenvalue weighted by molar-refractivity contribution is -0.120. The molecule has 3 N–H and O–H groups in total. The van der Waals surface area contributed by atoms with Gasteiger partial charge in [-0.1, -0.05) is 6.07 Å². The first-order valence-electron chi connectivity index (χ1n) is 9.73. The van der Waals surface area contributed by atoms with Crippen molar-refractivity contribution < 1.29 is 18.3 Å². The first-order valence-corrected chi connectivity index (χ1v) is 9.73. The van der Waals surface area contributed by atoms with E-state index in [2.05, 4.69) is 20.9 Å². The van der Waals surface area contributed by atoms with E-state index in [0.717, 1.165) is 18.4 Å². The van der Waals surface area contributed by atoms with E-state index in [1.54, 1.807) is 31.5 Å². The third-order valence-electron chi connectivity index (χ3n) is 4.66. The summed E-state index contributed by atoms with van der Waals surface area (Å²) < 4.78 is 25.0. The first-order chi connectivity index (χ1) is 14.0. The van der Waals surface area contributed by atoms with Gasteiger partial charge in [0.25, 0.3) is 0 Å². The molecule has 0 aliphatic heterocycles. The highest BCUT2D eigenvalue weighted by molar-refractivity contribution is 5.86. The monoisotopic (exact) mass is 402 g/mol. The molecule has 0 bridgehead atoms. The van der Waals surface area contributed by atoms with Gasteiger partial charge in [0, 0.05) is 7.05 Å². The van der Waals surface area contributed by atoms with Crippen LogP contribution in [0, 0.1) is 11.7 Å². The number of nitrogens with one attached hydrogen (secondary N) is 3. The smallest absolute Gasteiger partial charge is 0.239 e. The maximum Gasteiger partial charge on any atom is 0.239 e. The molecule has 8 heteroatoms. The number of hydrogen-bond acceptors (Lipinski definition) is 4. The molecule has 1 aromatic heterocycles. The van der Waals surface area contributed by atoms with E-state index in [1.807, 2.05) is 13.0 Å². The summed E-state index contributed by atoms with van der Waals surface area (Å²) in [4.78, 5) is 16.1. The minimum absolute atomic E-state index is 0.0510. The number of carbonyl (C=O) groups excluding carboxylic acids is 1. The van der Waals surface area contributed by atoms with Gasteiger partial charge in [-0.3, -0.25) is 9.79 Å². The number of rotatable bonds is 9. The largest absolute Gasteiger partial charge is 0.490 e. The fraction of sp³-hybridized carbons (Fsp3) is 0.429. The summed E-state index contributed by atoms with van der Waals surface area (Å²) in [6, 6.07) is 8.29. The number of amides is 1. The van der Waals surface area contributed by atoms with Crippen molar-refractivity contribution in [2.45, 2.75) is 32.4 Å². The van der Waals surface area contributed by atoms with Gasteiger partial charge in [-0.05, 0) is 55.5 Å². The molecule has 0 spiro atoms. The van der Waals surface area contributed by atoms with Crippen molar-refractivity contribution in [1.29, 1.82) is 0 Å². The lowest BCUT2D eigenvalue weighted by atomic mass is 10.1. The second-order valence-corrected chi connectivity index (χ2v) is 7.09. The molecule has 29 heavy (non-hydrogen) atoms. The van der Waals surface area contributed by atoms with Gasteiger partial charge in [0.2, 0.25) is 5.91 Å². The van der Waals surface area contributed by atoms with E-state index < -0.39 is 0 Å². The Kier molecular flexibility index (Phi) is 7.10. The minimum atomic E-state index is -0.378. The second-order valence-electron chi connectivity index (χ2n) is 7.09. The van der Waals surface area contributed by atoms with Gasteiger partial charge in [-0.2, -0.15) is 0 Å². The Bertz CT molecular complexity index is 834. The van der Waals surface area contributed by atoms with Crippen LogP contribution in [-0.4, -0.2) is 32.1 Å². The van der Waals surface area contributed by atoms with Gasteiger partial charge < -0.3 is 25.1 Å². The number of aliphatic imine (C=N–C) groups is 1. The van der Waals surface area contributed by atoms with E-state index in [1.165, 1.54) is 6.07 Å². The van der Waals surface area contributed by atoms with Crippen LogP contribution < -0.4 is 20.7 Å². The van der Waals surface area contributed by atoms with Crippen molar-refractivity contribution >= 4 is 11.9 Å². The van der Waals surface area contributed by atoms with Crippen molar-refractivity contribution in [3.05, 3.63) is 53.7 Å². The van der Waals surface area contributed by atoms with Gasteiger partial charge in [0.1, 0.15) is 5.76 Å². The molecule has 1 heterocycles. The second kappa shape index (κ2) is 9.95. The van der Waals surface area contributed by atoms with E-state index in [9.17, 15) is 9.18 Å². The molecule has 156 valence electrons. The van der Waals surface area contributed by atoms with Crippen molar-refractivity contribution in [2.24, 2.45) is 10.9 Å². The van der Waals surface area contributed by atoms with Crippen LogP contribution in [0.1, 0.15) is 37.1 Å². The van der Waals surface area contributed by atoms with Crippen LogP contribution in [0.2, 0.25) is 0 Å². The van der Waals surface area contributed by atoms with Crippen LogP contribution in [0.3, 0.4) is 0 Å². The topological polar surface area (TPSA) is 87.9 Å². The summed E-state index contributed by atoms with van der Waals surface area (Å²) in [5.41, 5.74) is 0.756. The third-order valence-corrected chi connectivity index (χ3v) is 4.66. The third kappa shape index (κ3) is 6.51. The molecule has 3 rings (SSSR count). The number of nitrogens with zero attached hydrogens (tertiary/aromatic N) is 1. The van der Waals surface area contributed by atoms with Crippen LogP contribution >= 0.6 is 0 Å². The summed E-state index contributed by atoms with van der Waals surface area (Å²) in [7, 11) is 1.61. The average molecular weight is 402 g/mol. The molecule has 1 atom stereocenters. The van der Waals surface area contributed by atoms with Gasteiger partial charge in [-0.15, -0.1) is 0 Å². The number of halogens is 1. The van der Waals surface area contributed by atoms with Crippen LogP contribution in [0.5, 0.6) is 5.75 Å². The summed E-state index contributed by atoms with van der Waals surface area (Å²) in [5.74, 6) is 1.40. The predicted octanol–water partition coefficient (Wildman–Crippen LogP) is 2.75. The van der Waals surface area contributed by atoms with Gasteiger partial charge >= 0.3 is 0 Å². The number of furan rings is 1. The lowest BCUT2D eigenvalue weighted by Gasteiger charge is -2.19. The summed E-state index contributed by atoms with van der Waals surface area (Å²) in [5, 5.41) is 8.84. The van der Waals surface area contributed by atoms with Crippen molar-refractivity contribution in [3.8, 4) is 5.75 Å². The SMILES string of the molecule is CN=C(NCC(=O)NCc1ccco1)NC(C)c1ccc(OCC2CC2)c(F)c1. The van der Waals surface area contributed by atoms with Crippen molar-refractivity contribution in [3.63, 3.8) is 0 Å². The first kappa shape index (κ1) is 20.7. The predicted molar refractivity (Wildman–Crippen MR) is 108 cm³/mol. The normalized spacial score (nSPS) is 14.9. The molecule has 1 aliphatic carbocycles. The van der Waals surface area contributed by atoms with Gasteiger partial charge in [0.05, 0.1) is 32.0 Å². The number of hydrogen-bond donors (Lipinski definition) is 3. The van der Waals surface area contributed by atoms with E-state index in [0.29, 0.717) is 30.8 Å². The highest BCUT2D eigenvalue weighted by atomic mass is 19.1. The molecule has 2 aromatic rings. The number of ether oxygens (including phenoxy) is 1. The fourth-order valence-electron chi connectivity index (χ4n) is 2.70. The molecule has 0 radical (unpaired) electrons.